The van der Waals surface area contributed by atoms with Gasteiger partial charge in [-0.25, -0.2) is 0 Å². The molecular formula is C12H16F3N. The molecular weight excluding hydrogens is 215 g/mol. The Morgan fingerprint density at radius 3 is 2.06 bits per heavy atom. The molecule has 0 saturated heterocycles. The first-order chi connectivity index (χ1) is 7.21. The molecule has 1 unspecified atom stereocenters. The lowest BCUT2D eigenvalue weighted by Crippen LogP contribution is -2.39. The summed E-state index contributed by atoms with van der Waals surface area (Å²) in [5, 5.41) is 0. The molecule has 1 rings (SSSR count). The van der Waals surface area contributed by atoms with E-state index in [0.29, 0.717) is 5.56 Å². The van der Waals surface area contributed by atoms with Crippen molar-refractivity contribution >= 4 is 0 Å². The van der Waals surface area contributed by atoms with Gasteiger partial charge in [0.05, 0.1) is 0 Å². The molecule has 0 heterocycles. The van der Waals surface area contributed by atoms with Crippen LogP contribution < -0.4 is 5.73 Å². The van der Waals surface area contributed by atoms with Crippen molar-refractivity contribution in [3.8, 4) is 0 Å². The Morgan fingerprint density at radius 1 is 1.06 bits per heavy atom. The van der Waals surface area contributed by atoms with E-state index in [-0.39, 0.29) is 6.42 Å². The molecule has 90 valence electrons. The lowest BCUT2D eigenvalue weighted by molar-refractivity contribution is -0.147. The maximum atomic E-state index is 12.3. The fourth-order valence-corrected chi connectivity index (χ4v) is 1.59. The largest absolute Gasteiger partial charge is 0.403 e. The minimum Gasteiger partial charge on any atom is -0.320 e. The molecule has 0 saturated carbocycles. The van der Waals surface area contributed by atoms with Crippen molar-refractivity contribution in [3.63, 3.8) is 0 Å². The van der Waals surface area contributed by atoms with Crippen molar-refractivity contribution in [2.45, 2.75) is 39.4 Å². The number of nitrogens with two attached hydrogens (primary N) is 1. The molecule has 1 atom stereocenters. The Balaban J connectivity index is 2.94. The molecule has 1 nitrogen and oxygen atoms in total. The molecule has 1 aromatic rings. The van der Waals surface area contributed by atoms with Gasteiger partial charge in [0, 0.05) is 0 Å². The summed E-state index contributed by atoms with van der Waals surface area (Å²) in [5.41, 5.74) is 8.73. The molecule has 16 heavy (non-hydrogen) atoms. The Morgan fingerprint density at radius 2 is 1.56 bits per heavy atom. The van der Waals surface area contributed by atoms with E-state index in [2.05, 4.69) is 0 Å². The van der Waals surface area contributed by atoms with Crippen LogP contribution in [0.1, 0.15) is 22.3 Å². The second-order valence-electron chi connectivity index (χ2n) is 4.22. The van der Waals surface area contributed by atoms with E-state index in [1.807, 2.05) is 26.8 Å². The minimum absolute atomic E-state index is 0.156. The van der Waals surface area contributed by atoms with Gasteiger partial charge in [-0.05, 0) is 49.4 Å². The highest BCUT2D eigenvalue weighted by Crippen LogP contribution is 2.24. The second kappa shape index (κ2) is 4.45. The van der Waals surface area contributed by atoms with Crippen molar-refractivity contribution < 1.29 is 13.2 Å². The van der Waals surface area contributed by atoms with E-state index in [4.69, 9.17) is 5.73 Å². The number of rotatable bonds is 2. The predicted molar refractivity (Wildman–Crippen MR) is 58.4 cm³/mol. The van der Waals surface area contributed by atoms with Gasteiger partial charge in [0.1, 0.15) is 6.04 Å². The first kappa shape index (κ1) is 13.0. The van der Waals surface area contributed by atoms with Crippen LogP contribution >= 0.6 is 0 Å². The third-order valence-electron chi connectivity index (χ3n) is 2.81. The van der Waals surface area contributed by atoms with Crippen LogP contribution in [-0.2, 0) is 6.42 Å². The molecule has 4 heteroatoms. The van der Waals surface area contributed by atoms with Crippen molar-refractivity contribution in [1.29, 1.82) is 0 Å². The van der Waals surface area contributed by atoms with Crippen molar-refractivity contribution in [2.24, 2.45) is 5.73 Å². The molecule has 1 aromatic carbocycles. The maximum Gasteiger partial charge on any atom is 0.403 e. The monoisotopic (exact) mass is 231 g/mol. The van der Waals surface area contributed by atoms with Crippen molar-refractivity contribution in [3.05, 3.63) is 34.4 Å². The lowest BCUT2D eigenvalue weighted by atomic mass is 9.96. The van der Waals surface area contributed by atoms with Gasteiger partial charge < -0.3 is 5.73 Å². The summed E-state index contributed by atoms with van der Waals surface area (Å²) in [6.07, 6.45) is -4.48. The molecule has 0 bridgehead atoms. The quantitative estimate of drug-likeness (QED) is 0.831. The zero-order valence-corrected chi connectivity index (χ0v) is 9.65. The number of hydrogen-bond donors (Lipinski definition) is 1. The fourth-order valence-electron chi connectivity index (χ4n) is 1.59. The van der Waals surface area contributed by atoms with Crippen molar-refractivity contribution in [1.82, 2.24) is 0 Å². The van der Waals surface area contributed by atoms with Gasteiger partial charge in [0.2, 0.25) is 0 Å². The van der Waals surface area contributed by atoms with Gasteiger partial charge in [-0.2, -0.15) is 13.2 Å². The molecule has 0 aromatic heterocycles. The number of benzene rings is 1. The van der Waals surface area contributed by atoms with Gasteiger partial charge in [0.15, 0.2) is 0 Å². The Hall–Kier alpha value is -1.03. The molecule has 0 aliphatic carbocycles. The number of hydrogen-bond acceptors (Lipinski definition) is 1. The first-order valence-electron chi connectivity index (χ1n) is 5.11. The third kappa shape index (κ3) is 2.98. The molecule has 2 N–H and O–H groups in total. The van der Waals surface area contributed by atoms with Crippen LogP contribution in [0.3, 0.4) is 0 Å². The van der Waals surface area contributed by atoms with E-state index in [0.717, 1.165) is 16.7 Å². The zero-order valence-electron chi connectivity index (χ0n) is 9.65. The average molecular weight is 231 g/mol. The Bertz CT molecular complexity index is 383. The van der Waals surface area contributed by atoms with Gasteiger partial charge >= 0.3 is 6.18 Å². The van der Waals surface area contributed by atoms with Gasteiger partial charge in [-0.1, -0.05) is 12.1 Å². The van der Waals surface area contributed by atoms with Gasteiger partial charge in [-0.3, -0.25) is 0 Å². The van der Waals surface area contributed by atoms with Crippen LogP contribution in [0, 0.1) is 20.8 Å². The Kier molecular flexibility index (Phi) is 3.63. The predicted octanol–water partition coefficient (Wildman–Crippen LogP) is 3.04. The van der Waals surface area contributed by atoms with Crippen LogP contribution in [-0.4, -0.2) is 12.2 Å². The molecule has 0 fully saturated rings. The molecule has 0 amide bonds. The lowest BCUT2D eigenvalue weighted by Gasteiger charge is -2.17. The average Bonchev–Trinajstić information content (AvgIpc) is 2.12. The summed E-state index contributed by atoms with van der Waals surface area (Å²) in [6.45, 7) is 5.64. The number of aryl methyl sites for hydroxylation is 3. The summed E-state index contributed by atoms with van der Waals surface area (Å²) in [5.74, 6) is 0. The maximum absolute atomic E-state index is 12.3. The standard InChI is InChI=1S/C12H16F3N/c1-7-4-9(3)10(5-8(7)2)6-11(16)12(13,14)15/h4-5,11H,6,16H2,1-3H3. The summed E-state index contributed by atoms with van der Waals surface area (Å²) >= 11 is 0. The summed E-state index contributed by atoms with van der Waals surface area (Å²) in [4.78, 5) is 0. The summed E-state index contributed by atoms with van der Waals surface area (Å²) in [6, 6.07) is 1.90. The molecule has 0 radical (unpaired) electrons. The van der Waals surface area contributed by atoms with Crippen LogP contribution in [0.25, 0.3) is 0 Å². The Labute approximate surface area is 93.5 Å². The van der Waals surface area contributed by atoms with E-state index < -0.39 is 12.2 Å². The van der Waals surface area contributed by atoms with Crippen LogP contribution in [0.2, 0.25) is 0 Å². The van der Waals surface area contributed by atoms with E-state index in [9.17, 15) is 13.2 Å². The van der Waals surface area contributed by atoms with Gasteiger partial charge in [-0.15, -0.1) is 0 Å². The second-order valence-corrected chi connectivity index (χ2v) is 4.22. The molecule has 0 spiro atoms. The fraction of sp³-hybridized carbons (Fsp3) is 0.500. The third-order valence-corrected chi connectivity index (χ3v) is 2.81. The molecule has 0 aliphatic heterocycles. The summed E-state index contributed by atoms with van der Waals surface area (Å²) < 4.78 is 37.0. The smallest absolute Gasteiger partial charge is 0.320 e. The van der Waals surface area contributed by atoms with Crippen LogP contribution in [0.5, 0.6) is 0 Å². The summed E-state index contributed by atoms with van der Waals surface area (Å²) in [7, 11) is 0. The first-order valence-corrected chi connectivity index (χ1v) is 5.11. The van der Waals surface area contributed by atoms with E-state index in [1.54, 1.807) is 6.07 Å². The highest BCUT2D eigenvalue weighted by atomic mass is 19.4. The van der Waals surface area contributed by atoms with Crippen LogP contribution in [0.4, 0.5) is 13.2 Å². The minimum atomic E-state index is -4.33. The van der Waals surface area contributed by atoms with E-state index >= 15 is 0 Å². The highest BCUT2D eigenvalue weighted by Gasteiger charge is 2.36. The zero-order chi connectivity index (χ0) is 12.5. The molecule has 0 aliphatic rings. The SMILES string of the molecule is Cc1cc(C)c(CC(N)C(F)(F)F)cc1C. The normalized spacial score (nSPS) is 13.9. The van der Waals surface area contributed by atoms with Crippen LogP contribution in [0.15, 0.2) is 12.1 Å². The van der Waals surface area contributed by atoms with E-state index in [1.165, 1.54) is 0 Å². The highest BCUT2D eigenvalue weighted by molar-refractivity contribution is 5.36. The number of alkyl halides is 3. The number of halogens is 3. The topological polar surface area (TPSA) is 26.0 Å². The van der Waals surface area contributed by atoms with Crippen molar-refractivity contribution in [2.75, 3.05) is 0 Å². The van der Waals surface area contributed by atoms with Gasteiger partial charge in [0.25, 0.3) is 0 Å².